The minimum atomic E-state index is 0.238. The zero-order chi connectivity index (χ0) is 10.3. The van der Waals surface area contributed by atoms with E-state index in [1.165, 1.54) is 0 Å². The van der Waals surface area contributed by atoms with Crippen LogP contribution in [0, 0.1) is 0 Å². The van der Waals surface area contributed by atoms with Crippen molar-refractivity contribution in [2.75, 3.05) is 5.73 Å². The van der Waals surface area contributed by atoms with Crippen LogP contribution in [0.25, 0.3) is 10.9 Å². The highest BCUT2D eigenvalue weighted by Gasteiger charge is 2.07. The molecule has 0 aliphatic rings. The van der Waals surface area contributed by atoms with Crippen LogP contribution in [-0.2, 0) is 0 Å². The summed E-state index contributed by atoms with van der Waals surface area (Å²) in [5.41, 5.74) is 6.60. The molecule has 0 amide bonds. The maximum absolute atomic E-state index is 5.96. The number of fused-ring (bicyclic) bond motifs is 1. The molecule has 0 saturated heterocycles. The van der Waals surface area contributed by atoms with Crippen molar-refractivity contribution >= 4 is 51.4 Å². The van der Waals surface area contributed by atoms with E-state index in [1.807, 2.05) is 0 Å². The molecule has 0 atom stereocenters. The Morgan fingerprint density at radius 1 is 1.14 bits per heavy atom. The quantitative estimate of drug-likeness (QED) is 0.720. The number of pyridine rings is 1. The number of nitrogen functional groups attached to an aromatic ring is 1. The zero-order valence-corrected chi connectivity index (χ0v) is 9.16. The van der Waals surface area contributed by atoms with Crippen molar-refractivity contribution in [2.45, 2.75) is 0 Å². The first kappa shape index (κ1) is 9.84. The molecule has 1 aromatic carbocycles. The third-order valence-corrected chi connectivity index (χ3v) is 2.96. The molecular weight excluding hydrogens is 242 g/mol. The van der Waals surface area contributed by atoms with Crippen LogP contribution in [0.2, 0.25) is 15.2 Å². The van der Waals surface area contributed by atoms with Gasteiger partial charge in [0.25, 0.3) is 0 Å². The van der Waals surface area contributed by atoms with E-state index in [0.717, 1.165) is 5.39 Å². The second-order valence-corrected chi connectivity index (χ2v) is 3.94. The maximum Gasteiger partial charge on any atom is 0.152 e. The lowest BCUT2D eigenvalue weighted by molar-refractivity contribution is 1.41. The van der Waals surface area contributed by atoms with Crippen molar-refractivity contribution in [1.82, 2.24) is 4.98 Å². The normalized spacial score (nSPS) is 10.8. The number of rotatable bonds is 0. The third-order valence-electron chi connectivity index (χ3n) is 1.86. The van der Waals surface area contributed by atoms with Gasteiger partial charge in [-0.05, 0) is 12.1 Å². The highest BCUT2D eigenvalue weighted by Crippen LogP contribution is 2.32. The van der Waals surface area contributed by atoms with E-state index in [2.05, 4.69) is 4.98 Å². The zero-order valence-electron chi connectivity index (χ0n) is 6.89. The van der Waals surface area contributed by atoms with Gasteiger partial charge in [-0.2, -0.15) is 0 Å². The smallest absolute Gasteiger partial charge is 0.152 e. The van der Waals surface area contributed by atoms with Gasteiger partial charge in [-0.15, -0.1) is 0 Å². The summed E-state index contributed by atoms with van der Waals surface area (Å²) >= 11 is 17.6. The van der Waals surface area contributed by atoms with Crippen molar-refractivity contribution in [1.29, 1.82) is 0 Å². The van der Waals surface area contributed by atoms with E-state index in [-0.39, 0.29) is 5.15 Å². The first-order chi connectivity index (χ1) is 6.59. The Hall–Kier alpha value is -0.700. The fourth-order valence-electron chi connectivity index (χ4n) is 1.17. The van der Waals surface area contributed by atoms with E-state index < -0.39 is 0 Å². The molecule has 2 aromatic rings. The molecule has 0 unspecified atom stereocenters. The fraction of sp³-hybridized carbons (Fsp3) is 0. The number of nitrogens with zero attached hydrogens (tertiary/aromatic N) is 1. The molecule has 2 N–H and O–H groups in total. The van der Waals surface area contributed by atoms with Crippen molar-refractivity contribution in [3.8, 4) is 0 Å². The number of hydrogen-bond donors (Lipinski definition) is 1. The molecule has 2 rings (SSSR count). The summed E-state index contributed by atoms with van der Waals surface area (Å²) in [6.07, 6.45) is 0. The minimum Gasteiger partial charge on any atom is -0.396 e. The van der Waals surface area contributed by atoms with Gasteiger partial charge in [0.05, 0.1) is 21.2 Å². The van der Waals surface area contributed by atoms with Gasteiger partial charge in [0.2, 0.25) is 0 Å². The molecule has 0 aliphatic carbocycles. The van der Waals surface area contributed by atoms with Crippen LogP contribution >= 0.6 is 34.8 Å². The summed E-state index contributed by atoms with van der Waals surface area (Å²) in [5.74, 6) is 0. The van der Waals surface area contributed by atoms with Crippen LogP contribution < -0.4 is 5.73 Å². The number of hydrogen-bond acceptors (Lipinski definition) is 2. The van der Waals surface area contributed by atoms with Crippen LogP contribution in [-0.4, -0.2) is 4.98 Å². The summed E-state index contributed by atoms with van der Waals surface area (Å²) in [7, 11) is 0. The molecule has 1 aromatic heterocycles. The molecule has 0 spiro atoms. The van der Waals surface area contributed by atoms with Crippen LogP contribution in [0.4, 0.5) is 5.69 Å². The van der Waals surface area contributed by atoms with E-state index in [0.29, 0.717) is 21.2 Å². The molecule has 0 saturated carbocycles. The van der Waals surface area contributed by atoms with Gasteiger partial charge < -0.3 is 5.73 Å². The minimum absolute atomic E-state index is 0.238. The van der Waals surface area contributed by atoms with Crippen molar-refractivity contribution in [3.63, 3.8) is 0 Å². The predicted molar refractivity (Wildman–Crippen MR) is 61.2 cm³/mol. The van der Waals surface area contributed by atoms with Gasteiger partial charge in [0.15, 0.2) is 5.15 Å². The van der Waals surface area contributed by atoms with E-state index in [9.17, 15) is 0 Å². The van der Waals surface area contributed by atoms with Crippen LogP contribution in [0.15, 0.2) is 18.2 Å². The van der Waals surface area contributed by atoms with Crippen molar-refractivity contribution in [2.24, 2.45) is 0 Å². The van der Waals surface area contributed by atoms with Gasteiger partial charge in [0, 0.05) is 5.39 Å². The van der Waals surface area contributed by atoms with E-state index >= 15 is 0 Å². The molecule has 14 heavy (non-hydrogen) atoms. The summed E-state index contributed by atoms with van der Waals surface area (Å²) < 4.78 is 0. The fourth-order valence-corrected chi connectivity index (χ4v) is 1.68. The Balaban J connectivity index is 2.89. The Labute approximate surface area is 95.6 Å². The Morgan fingerprint density at radius 2 is 1.86 bits per heavy atom. The summed E-state index contributed by atoms with van der Waals surface area (Å²) in [4.78, 5) is 4.06. The first-order valence-corrected chi connectivity index (χ1v) is 4.92. The third kappa shape index (κ3) is 1.50. The summed E-state index contributed by atoms with van der Waals surface area (Å²) in [6.45, 7) is 0. The monoisotopic (exact) mass is 246 g/mol. The first-order valence-electron chi connectivity index (χ1n) is 3.79. The highest BCUT2D eigenvalue weighted by atomic mass is 35.5. The Bertz CT molecular complexity index is 511. The molecule has 0 radical (unpaired) electrons. The summed E-state index contributed by atoms with van der Waals surface area (Å²) in [5, 5.41) is 1.90. The number of anilines is 1. The second-order valence-electron chi connectivity index (χ2n) is 2.80. The molecule has 72 valence electrons. The van der Waals surface area contributed by atoms with Gasteiger partial charge in [-0.1, -0.05) is 40.9 Å². The number of benzene rings is 1. The van der Waals surface area contributed by atoms with Crippen molar-refractivity contribution in [3.05, 3.63) is 33.4 Å². The molecule has 0 bridgehead atoms. The molecule has 2 nitrogen and oxygen atoms in total. The van der Waals surface area contributed by atoms with E-state index in [1.54, 1.807) is 18.2 Å². The SMILES string of the molecule is Nc1cc2ccc(Cl)c(Cl)c2nc1Cl. The molecule has 0 aliphatic heterocycles. The van der Waals surface area contributed by atoms with Crippen molar-refractivity contribution < 1.29 is 0 Å². The predicted octanol–water partition coefficient (Wildman–Crippen LogP) is 3.78. The van der Waals surface area contributed by atoms with Crippen LogP contribution in [0.3, 0.4) is 0 Å². The molecular formula is C9H5Cl3N2. The molecule has 5 heteroatoms. The largest absolute Gasteiger partial charge is 0.396 e. The molecule has 1 heterocycles. The second kappa shape index (κ2) is 3.46. The topological polar surface area (TPSA) is 38.9 Å². The van der Waals surface area contributed by atoms with Gasteiger partial charge >= 0.3 is 0 Å². The summed E-state index contributed by atoms with van der Waals surface area (Å²) in [6, 6.07) is 5.21. The van der Waals surface area contributed by atoms with Crippen LogP contribution in [0.5, 0.6) is 0 Å². The standard InChI is InChI=1S/C9H5Cl3N2/c10-5-2-1-4-3-6(13)9(12)14-8(4)7(5)11/h1-3H,13H2. The van der Waals surface area contributed by atoms with E-state index in [4.69, 9.17) is 40.5 Å². The lowest BCUT2D eigenvalue weighted by atomic mass is 10.2. The number of nitrogens with two attached hydrogens (primary N) is 1. The maximum atomic E-state index is 5.96. The lowest BCUT2D eigenvalue weighted by Crippen LogP contribution is -1.90. The van der Waals surface area contributed by atoms with Crippen LogP contribution in [0.1, 0.15) is 0 Å². The average molecular weight is 248 g/mol. The van der Waals surface area contributed by atoms with Gasteiger partial charge in [0.1, 0.15) is 0 Å². The number of aromatic nitrogens is 1. The van der Waals surface area contributed by atoms with Gasteiger partial charge in [-0.25, -0.2) is 4.98 Å². The van der Waals surface area contributed by atoms with Gasteiger partial charge in [-0.3, -0.25) is 0 Å². The lowest BCUT2D eigenvalue weighted by Gasteiger charge is -2.04. The number of halogens is 3. The molecule has 0 fully saturated rings. The average Bonchev–Trinajstić information content (AvgIpc) is 2.15. The Kier molecular flexibility index (Phi) is 2.43. The highest BCUT2D eigenvalue weighted by molar-refractivity contribution is 6.45. The Morgan fingerprint density at radius 3 is 2.57 bits per heavy atom.